The number of aromatic nitrogens is 1. The van der Waals surface area contributed by atoms with Gasteiger partial charge in [-0.05, 0) is 59.9 Å². The van der Waals surface area contributed by atoms with E-state index in [2.05, 4.69) is 18.4 Å². The van der Waals surface area contributed by atoms with E-state index >= 15 is 0 Å². The van der Waals surface area contributed by atoms with Crippen molar-refractivity contribution in [3.05, 3.63) is 23.0 Å². The smallest absolute Gasteiger partial charge is 0.256 e. The number of nitrogens with zero attached hydrogens (tertiary/aromatic N) is 2. The Kier molecular flexibility index (Phi) is 4.77. The van der Waals surface area contributed by atoms with E-state index in [4.69, 9.17) is 0 Å². The van der Waals surface area contributed by atoms with E-state index in [9.17, 15) is 9.90 Å². The molecule has 4 nitrogen and oxygen atoms in total. The van der Waals surface area contributed by atoms with Gasteiger partial charge in [-0.25, -0.2) is 0 Å². The summed E-state index contributed by atoms with van der Waals surface area (Å²) in [6.45, 7) is 10.9. The fourth-order valence-corrected chi connectivity index (χ4v) is 3.65. The Bertz CT molecular complexity index is 517. The number of hydrogen-bond donors (Lipinski definition) is 1. The van der Waals surface area contributed by atoms with Crippen LogP contribution in [0.2, 0.25) is 0 Å². The summed E-state index contributed by atoms with van der Waals surface area (Å²) in [6, 6.07) is 2.29. The Labute approximate surface area is 127 Å². The maximum atomic E-state index is 12.9. The molecule has 4 heteroatoms. The number of piperidine rings is 1. The van der Waals surface area contributed by atoms with E-state index in [0.29, 0.717) is 6.04 Å². The third-order valence-corrected chi connectivity index (χ3v) is 4.60. The summed E-state index contributed by atoms with van der Waals surface area (Å²) in [5.41, 5.74) is 2.94. The van der Waals surface area contributed by atoms with E-state index in [-0.39, 0.29) is 11.9 Å². The Hall–Kier alpha value is -1.29. The minimum absolute atomic E-state index is 0.0478. The molecule has 0 spiro atoms. The van der Waals surface area contributed by atoms with Gasteiger partial charge in [0.1, 0.15) is 0 Å². The first-order chi connectivity index (χ1) is 9.84. The topological polar surface area (TPSA) is 45.5 Å². The number of likely N-dealkylation sites (tertiary alicyclic amines) is 1. The predicted octanol–water partition coefficient (Wildman–Crippen LogP) is 3.06. The molecule has 1 saturated heterocycles. The number of carbonyl (C=O) groups excluding carboxylic acids is 1. The lowest BCUT2D eigenvalue weighted by molar-refractivity contribution is 0.0280. The first kappa shape index (κ1) is 16.1. The van der Waals surface area contributed by atoms with Crippen molar-refractivity contribution in [1.29, 1.82) is 0 Å². The van der Waals surface area contributed by atoms with Crippen LogP contribution in [-0.4, -0.2) is 39.2 Å². The van der Waals surface area contributed by atoms with Gasteiger partial charge in [-0.1, -0.05) is 0 Å². The molecule has 1 aliphatic rings. The number of aliphatic hydroxyl groups excluding tert-OH is 1. The number of aryl methyl sites for hydroxylation is 1. The second-order valence-corrected chi connectivity index (χ2v) is 6.55. The largest absolute Gasteiger partial charge is 0.391 e. The first-order valence-corrected chi connectivity index (χ1v) is 8.02. The highest BCUT2D eigenvalue weighted by Gasteiger charge is 2.32. The SMILES string of the molecule is Cc1cc(C(=O)N2CCCCC2C(C)O)c(C)n1C(C)C. The van der Waals surface area contributed by atoms with Crippen molar-refractivity contribution in [1.82, 2.24) is 9.47 Å². The average Bonchev–Trinajstić information content (AvgIpc) is 2.73. The zero-order valence-electron chi connectivity index (χ0n) is 13.9. The van der Waals surface area contributed by atoms with Gasteiger partial charge in [-0.2, -0.15) is 0 Å². The zero-order chi connectivity index (χ0) is 15.7. The molecule has 0 radical (unpaired) electrons. The van der Waals surface area contributed by atoms with Crippen LogP contribution in [0.4, 0.5) is 0 Å². The quantitative estimate of drug-likeness (QED) is 0.930. The molecule has 118 valence electrons. The Balaban J connectivity index is 2.33. The minimum Gasteiger partial charge on any atom is -0.391 e. The number of rotatable bonds is 3. The summed E-state index contributed by atoms with van der Waals surface area (Å²) < 4.78 is 2.20. The summed E-state index contributed by atoms with van der Waals surface area (Å²) in [6.07, 6.45) is 2.54. The molecule has 21 heavy (non-hydrogen) atoms. The normalized spacial score (nSPS) is 20.9. The van der Waals surface area contributed by atoms with Crippen LogP contribution in [0, 0.1) is 13.8 Å². The summed E-state index contributed by atoms with van der Waals surface area (Å²) in [5, 5.41) is 9.96. The fraction of sp³-hybridized carbons (Fsp3) is 0.706. The molecule has 0 aromatic carbocycles. The first-order valence-electron chi connectivity index (χ1n) is 8.02. The molecule has 1 aromatic heterocycles. The van der Waals surface area contributed by atoms with E-state index in [1.165, 1.54) is 0 Å². The van der Waals surface area contributed by atoms with Gasteiger partial charge >= 0.3 is 0 Å². The van der Waals surface area contributed by atoms with Crippen molar-refractivity contribution >= 4 is 5.91 Å². The minimum atomic E-state index is -0.470. The van der Waals surface area contributed by atoms with Crippen molar-refractivity contribution in [2.24, 2.45) is 0 Å². The van der Waals surface area contributed by atoms with Crippen LogP contribution in [0.5, 0.6) is 0 Å². The number of carbonyl (C=O) groups is 1. The molecule has 2 rings (SSSR count). The van der Waals surface area contributed by atoms with Crippen LogP contribution in [0.25, 0.3) is 0 Å². The molecule has 0 bridgehead atoms. The van der Waals surface area contributed by atoms with Gasteiger partial charge in [0.05, 0.1) is 17.7 Å². The highest BCUT2D eigenvalue weighted by Crippen LogP contribution is 2.26. The maximum absolute atomic E-state index is 12.9. The molecule has 1 amide bonds. The molecule has 0 aliphatic carbocycles. The predicted molar refractivity (Wildman–Crippen MR) is 84.6 cm³/mol. The molecule has 2 unspecified atom stereocenters. The summed E-state index contributed by atoms with van der Waals surface area (Å²) in [5.74, 6) is 0.0700. The van der Waals surface area contributed by atoms with Gasteiger partial charge in [0.15, 0.2) is 0 Å². The van der Waals surface area contributed by atoms with Gasteiger partial charge in [0.25, 0.3) is 5.91 Å². The van der Waals surface area contributed by atoms with Crippen LogP contribution < -0.4 is 0 Å². The fourth-order valence-electron chi connectivity index (χ4n) is 3.65. The Morgan fingerprint density at radius 1 is 1.29 bits per heavy atom. The lowest BCUT2D eigenvalue weighted by Crippen LogP contribution is -2.49. The van der Waals surface area contributed by atoms with Crippen molar-refractivity contribution in [3.63, 3.8) is 0 Å². The molecule has 2 atom stereocenters. The lowest BCUT2D eigenvalue weighted by atomic mass is 9.97. The third kappa shape index (κ3) is 3.00. The van der Waals surface area contributed by atoms with Gasteiger partial charge in [-0.3, -0.25) is 4.79 Å². The zero-order valence-corrected chi connectivity index (χ0v) is 13.9. The van der Waals surface area contributed by atoms with Crippen LogP contribution in [0.1, 0.15) is 67.8 Å². The summed E-state index contributed by atoms with van der Waals surface area (Å²) in [7, 11) is 0. The number of aliphatic hydroxyl groups is 1. The average molecular weight is 292 g/mol. The number of hydrogen-bond acceptors (Lipinski definition) is 2. The van der Waals surface area contributed by atoms with Gasteiger partial charge in [-0.15, -0.1) is 0 Å². The van der Waals surface area contributed by atoms with E-state index < -0.39 is 6.10 Å². The van der Waals surface area contributed by atoms with Gasteiger partial charge < -0.3 is 14.6 Å². The molecule has 2 heterocycles. The van der Waals surface area contributed by atoms with Crippen molar-refractivity contribution < 1.29 is 9.90 Å². The molecule has 1 aromatic rings. The summed E-state index contributed by atoms with van der Waals surface area (Å²) in [4.78, 5) is 14.8. The Morgan fingerprint density at radius 3 is 2.48 bits per heavy atom. The van der Waals surface area contributed by atoms with E-state index in [0.717, 1.165) is 42.8 Å². The van der Waals surface area contributed by atoms with Crippen LogP contribution in [-0.2, 0) is 0 Å². The standard InChI is InChI=1S/C17H28N2O2/c1-11(2)19-12(3)10-15(13(19)4)17(21)18-9-7-6-8-16(18)14(5)20/h10-11,14,16,20H,6-9H2,1-5H3. The highest BCUT2D eigenvalue weighted by molar-refractivity contribution is 5.96. The molecule has 1 N–H and O–H groups in total. The highest BCUT2D eigenvalue weighted by atomic mass is 16.3. The molecule has 1 fully saturated rings. The van der Waals surface area contributed by atoms with Gasteiger partial charge in [0.2, 0.25) is 0 Å². The van der Waals surface area contributed by atoms with Crippen LogP contribution in [0.15, 0.2) is 6.07 Å². The van der Waals surface area contributed by atoms with Crippen molar-refractivity contribution in [3.8, 4) is 0 Å². The molecular formula is C17H28N2O2. The second-order valence-electron chi connectivity index (χ2n) is 6.55. The van der Waals surface area contributed by atoms with E-state index in [1.54, 1.807) is 6.92 Å². The maximum Gasteiger partial charge on any atom is 0.256 e. The van der Waals surface area contributed by atoms with E-state index in [1.807, 2.05) is 24.8 Å². The lowest BCUT2D eigenvalue weighted by Gasteiger charge is -2.37. The number of amides is 1. The molecule has 0 saturated carbocycles. The second kappa shape index (κ2) is 6.22. The van der Waals surface area contributed by atoms with Crippen molar-refractivity contribution in [2.75, 3.05) is 6.54 Å². The molecular weight excluding hydrogens is 264 g/mol. The Morgan fingerprint density at radius 2 is 1.95 bits per heavy atom. The van der Waals surface area contributed by atoms with Gasteiger partial charge in [0, 0.05) is 24.0 Å². The van der Waals surface area contributed by atoms with Crippen molar-refractivity contribution in [2.45, 2.75) is 72.1 Å². The monoisotopic (exact) mass is 292 g/mol. The van der Waals surface area contributed by atoms with Crippen LogP contribution >= 0.6 is 0 Å². The third-order valence-electron chi connectivity index (χ3n) is 4.60. The molecule has 1 aliphatic heterocycles. The summed E-state index contributed by atoms with van der Waals surface area (Å²) >= 11 is 0. The van der Waals surface area contributed by atoms with Crippen LogP contribution in [0.3, 0.4) is 0 Å².